The number of ether oxygens (including phenoxy) is 3. The van der Waals surface area contributed by atoms with E-state index in [2.05, 4.69) is 5.32 Å². The standard InChI is InChI=1S/C27H25N3O5S/c1-2-33-21-11-9-20(10-12-21)28-25(31)15-24-26(32)30(27(36-24)29-19-6-4-3-5-7-19)16-18-8-13-22-23(14-18)35-17-34-22/h3-14,24H,2,15-17H2,1H3,(H,28,31). The van der Waals surface area contributed by atoms with Gasteiger partial charge in [-0.25, -0.2) is 4.99 Å². The molecule has 1 atom stereocenters. The summed E-state index contributed by atoms with van der Waals surface area (Å²) in [7, 11) is 0. The van der Waals surface area contributed by atoms with Gasteiger partial charge in [0.2, 0.25) is 18.6 Å². The van der Waals surface area contributed by atoms with Gasteiger partial charge >= 0.3 is 0 Å². The minimum absolute atomic E-state index is 0.0299. The van der Waals surface area contributed by atoms with Crippen molar-refractivity contribution in [3.05, 3.63) is 78.4 Å². The smallest absolute Gasteiger partial charge is 0.242 e. The Morgan fingerprint density at radius 3 is 2.64 bits per heavy atom. The summed E-state index contributed by atoms with van der Waals surface area (Å²) in [5.74, 6) is 1.67. The van der Waals surface area contributed by atoms with Crippen LogP contribution in [0.15, 0.2) is 77.8 Å². The van der Waals surface area contributed by atoms with Crippen molar-refractivity contribution in [1.82, 2.24) is 4.90 Å². The topological polar surface area (TPSA) is 89.5 Å². The van der Waals surface area contributed by atoms with E-state index in [0.29, 0.717) is 35.5 Å². The molecular formula is C27H25N3O5S. The predicted octanol–water partition coefficient (Wildman–Crippen LogP) is 4.97. The van der Waals surface area contributed by atoms with Gasteiger partial charge in [0, 0.05) is 12.1 Å². The van der Waals surface area contributed by atoms with E-state index in [1.54, 1.807) is 29.2 Å². The number of carbonyl (C=O) groups is 2. The van der Waals surface area contributed by atoms with Crippen LogP contribution in [0, 0.1) is 0 Å². The maximum absolute atomic E-state index is 13.4. The highest BCUT2D eigenvalue weighted by molar-refractivity contribution is 8.15. The first kappa shape index (κ1) is 23.7. The van der Waals surface area contributed by atoms with Crippen molar-refractivity contribution in [3.63, 3.8) is 0 Å². The van der Waals surface area contributed by atoms with Crippen molar-refractivity contribution in [3.8, 4) is 17.2 Å². The van der Waals surface area contributed by atoms with E-state index in [0.717, 1.165) is 17.0 Å². The highest BCUT2D eigenvalue weighted by Crippen LogP contribution is 2.36. The van der Waals surface area contributed by atoms with E-state index in [1.807, 2.05) is 55.5 Å². The molecule has 0 aliphatic carbocycles. The number of para-hydroxylation sites is 1. The molecule has 1 N–H and O–H groups in total. The third-order valence-corrected chi connectivity index (χ3v) is 6.77. The second-order valence-electron chi connectivity index (χ2n) is 8.16. The fourth-order valence-corrected chi connectivity index (χ4v) is 5.04. The van der Waals surface area contributed by atoms with Gasteiger partial charge in [-0.05, 0) is 61.0 Å². The van der Waals surface area contributed by atoms with Gasteiger partial charge in [0.05, 0.1) is 18.8 Å². The normalized spacial score (nSPS) is 17.5. The zero-order chi connectivity index (χ0) is 24.9. The molecule has 1 unspecified atom stereocenters. The van der Waals surface area contributed by atoms with E-state index in [-0.39, 0.29) is 25.0 Å². The van der Waals surface area contributed by atoms with Gasteiger partial charge in [0.15, 0.2) is 16.7 Å². The van der Waals surface area contributed by atoms with E-state index in [4.69, 9.17) is 19.2 Å². The summed E-state index contributed by atoms with van der Waals surface area (Å²) >= 11 is 1.30. The largest absolute Gasteiger partial charge is 0.494 e. The number of rotatable bonds is 8. The summed E-state index contributed by atoms with van der Waals surface area (Å²) in [4.78, 5) is 32.5. The van der Waals surface area contributed by atoms with E-state index >= 15 is 0 Å². The van der Waals surface area contributed by atoms with Crippen LogP contribution in [0.2, 0.25) is 0 Å². The Kier molecular flexibility index (Phi) is 7.08. The molecule has 36 heavy (non-hydrogen) atoms. The number of nitrogens with zero attached hydrogens (tertiary/aromatic N) is 2. The second-order valence-corrected chi connectivity index (χ2v) is 9.33. The number of carbonyl (C=O) groups excluding carboxylic acids is 2. The molecule has 0 spiro atoms. The molecule has 0 saturated carbocycles. The minimum Gasteiger partial charge on any atom is -0.494 e. The lowest BCUT2D eigenvalue weighted by Crippen LogP contribution is -2.33. The molecule has 2 amide bonds. The van der Waals surface area contributed by atoms with Crippen LogP contribution in [0.4, 0.5) is 11.4 Å². The Hall–Kier alpha value is -3.98. The molecule has 0 bridgehead atoms. The van der Waals surface area contributed by atoms with Crippen molar-refractivity contribution < 1.29 is 23.8 Å². The second kappa shape index (κ2) is 10.7. The minimum atomic E-state index is -0.579. The summed E-state index contributed by atoms with van der Waals surface area (Å²) in [6.45, 7) is 2.98. The molecule has 8 nitrogen and oxygen atoms in total. The predicted molar refractivity (Wildman–Crippen MR) is 139 cm³/mol. The third-order valence-electron chi connectivity index (χ3n) is 5.60. The Morgan fingerprint density at radius 1 is 1.08 bits per heavy atom. The molecule has 0 aromatic heterocycles. The number of aliphatic imine (C=N–C) groups is 1. The van der Waals surface area contributed by atoms with E-state index in [1.165, 1.54) is 11.8 Å². The highest BCUT2D eigenvalue weighted by Gasteiger charge is 2.39. The van der Waals surface area contributed by atoms with Gasteiger partial charge in [0.25, 0.3) is 0 Å². The number of thioether (sulfide) groups is 1. The molecule has 2 aliphatic rings. The van der Waals surface area contributed by atoms with Crippen molar-refractivity contribution >= 4 is 40.1 Å². The fourth-order valence-electron chi connectivity index (χ4n) is 3.89. The average molecular weight is 504 g/mol. The number of anilines is 1. The maximum Gasteiger partial charge on any atom is 0.242 e. The number of hydrogen-bond donors (Lipinski definition) is 1. The Balaban J connectivity index is 1.32. The number of benzene rings is 3. The van der Waals surface area contributed by atoms with Crippen LogP contribution >= 0.6 is 11.8 Å². The summed E-state index contributed by atoms with van der Waals surface area (Å²) in [6.07, 6.45) is 0.0299. The number of fused-ring (bicyclic) bond motifs is 1. The fraction of sp³-hybridized carbons (Fsp3) is 0.222. The summed E-state index contributed by atoms with van der Waals surface area (Å²) in [6, 6.07) is 22.2. The van der Waals surface area contributed by atoms with Gasteiger partial charge in [-0.2, -0.15) is 0 Å². The van der Waals surface area contributed by atoms with Crippen LogP contribution in [-0.4, -0.2) is 40.5 Å². The Bertz CT molecular complexity index is 1280. The SMILES string of the molecule is CCOc1ccc(NC(=O)CC2SC(=Nc3ccccc3)N(Cc3ccc4c(c3)OCO4)C2=O)cc1. The lowest BCUT2D eigenvalue weighted by molar-refractivity contribution is -0.128. The zero-order valence-corrected chi connectivity index (χ0v) is 20.5. The van der Waals surface area contributed by atoms with Gasteiger partial charge < -0.3 is 19.5 Å². The first-order valence-electron chi connectivity index (χ1n) is 11.6. The van der Waals surface area contributed by atoms with Gasteiger partial charge in [0.1, 0.15) is 11.0 Å². The molecule has 1 saturated heterocycles. The monoisotopic (exact) mass is 503 g/mol. The van der Waals surface area contributed by atoms with E-state index < -0.39 is 5.25 Å². The number of nitrogens with one attached hydrogen (secondary N) is 1. The molecule has 3 aromatic rings. The molecule has 5 rings (SSSR count). The summed E-state index contributed by atoms with van der Waals surface area (Å²) < 4.78 is 16.3. The lowest BCUT2D eigenvalue weighted by Gasteiger charge is -2.17. The molecular weight excluding hydrogens is 478 g/mol. The molecule has 0 radical (unpaired) electrons. The van der Waals surface area contributed by atoms with Gasteiger partial charge in [-0.15, -0.1) is 0 Å². The molecule has 3 aromatic carbocycles. The van der Waals surface area contributed by atoms with Crippen LogP contribution in [0.1, 0.15) is 18.9 Å². The van der Waals surface area contributed by atoms with Crippen LogP contribution in [0.3, 0.4) is 0 Å². The molecule has 1 fully saturated rings. The van der Waals surface area contributed by atoms with Crippen LogP contribution in [0.25, 0.3) is 0 Å². The molecule has 184 valence electrons. The van der Waals surface area contributed by atoms with Crippen LogP contribution in [0.5, 0.6) is 17.2 Å². The van der Waals surface area contributed by atoms with Gasteiger partial charge in [-0.1, -0.05) is 36.0 Å². The first-order valence-corrected chi connectivity index (χ1v) is 12.5. The van der Waals surface area contributed by atoms with Crippen molar-refractivity contribution in [2.45, 2.75) is 25.1 Å². The van der Waals surface area contributed by atoms with Gasteiger partial charge in [-0.3, -0.25) is 14.5 Å². The third kappa shape index (κ3) is 5.46. The van der Waals surface area contributed by atoms with Crippen molar-refractivity contribution in [2.24, 2.45) is 4.99 Å². The van der Waals surface area contributed by atoms with Crippen LogP contribution in [-0.2, 0) is 16.1 Å². The summed E-state index contributed by atoms with van der Waals surface area (Å²) in [5.41, 5.74) is 2.27. The maximum atomic E-state index is 13.4. The van der Waals surface area contributed by atoms with Crippen molar-refractivity contribution in [2.75, 3.05) is 18.7 Å². The van der Waals surface area contributed by atoms with E-state index in [9.17, 15) is 9.59 Å². The zero-order valence-electron chi connectivity index (χ0n) is 19.7. The number of amidine groups is 1. The number of amides is 2. The quantitative estimate of drug-likeness (QED) is 0.467. The molecule has 2 aliphatic heterocycles. The Morgan fingerprint density at radius 2 is 1.86 bits per heavy atom. The molecule has 2 heterocycles. The average Bonchev–Trinajstić information content (AvgIpc) is 3.46. The lowest BCUT2D eigenvalue weighted by atomic mass is 10.1. The molecule has 9 heteroatoms. The Labute approximate surface area is 213 Å². The number of hydrogen-bond acceptors (Lipinski definition) is 7. The summed E-state index contributed by atoms with van der Waals surface area (Å²) in [5, 5.41) is 2.85. The van der Waals surface area contributed by atoms with Crippen LogP contribution < -0.4 is 19.5 Å². The first-order chi connectivity index (χ1) is 17.6. The highest BCUT2D eigenvalue weighted by atomic mass is 32.2. The van der Waals surface area contributed by atoms with Crippen molar-refractivity contribution in [1.29, 1.82) is 0 Å².